The minimum absolute atomic E-state index is 0.255. The van der Waals surface area contributed by atoms with Crippen molar-refractivity contribution >= 4 is 16.8 Å². The number of carbonyl (C=O) groups excluding carboxylic acids is 1. The van der Waals surface area contributed by atoms with Crippen molar-refractivity contribution in [2.45, 2.75) is 45.1 Å². The molecule has 0 radical (unpaired) electrons. The van der Waals surface area contributed by atoms with E-state index >= 15 is 0 Å². The highest BCUT2D eigenvalue weighted by atomic mass is 16.3. The maximum atomic E-state index is 12.3. The standard InChI is InChI=1S/C19H26N2O2/c1-14(22)15-9-11-21(12-10-15)19(23)8-4-5-16-13-20-18-7-3-2-6-17(16)18/h2-3,6-7,13-15,20,22H,4-5,8-12H2,1H3. The van der Waals surface area contributed by atoms with E-state index in [-0.39, 0.29) is 12.0 Å². The third kappa shape index (κ3) is 3.75. The fourth-order valence-electron chi connectivity index (χ4n) is 3.56. The van der Waals surface area contributed by atoms with Gasteiger partial charge in [0.25, 0.3) is 0 Å². The average molecular weight is 314 g/mol. The Bertz CT molecular complexity index is 654. The van der Waals surface area contributed by atoms with Crippen molar-refractivity contribution in [2.75, 3.05) is 13.1 Å². The molecule has 1 aromatic carbocycles. The zero-order chi connectivity index (χ0) is 16.2. The summed E-state index contributed by atoms with van der Waals surface area (Å²) in [4.78, 5) is 17.6. The first-order valence-electron chi connectivity index (χ1n) is 8.66. The normalized spacial score (nSPS) is 17.6. The number of aromatic amines is 1. The number of likely N-dealkylation sites (tertiary alicyclic amines) is 1. The number of rotatable bonds is 5. The molecule has 1 aliphatic rings. The van der Waals surface area contributed by atoms with Gasteiger partial charge in [-0.1, -0.05) is 18.2 Å². The number of benzene rings is 1. The molecule has 0 spiro atoms. The lowest BCUT2D eigenvalue weighted by atomic mass is 9.92. The van der Waals surface area contributed by atoms with Gasteiger partial charge in [0, 0.05) is 36.6 Å². The number of nitrogens with zero attached hydrogens (tertiary/aromatic N) is 1. The number of H-pyrrole nitrogens is 1. The molecule has 1 unspecified atom stereocenters. The van der Waals surface area contributed by atoms with Crippen LogP contribution < -0.4 is 0 Å². The number of aliphatic hydroxyl groups excluding tert-OH is 1. The van der Waals surface area contributed by atoms with Gasteiger partial charge in [0.05, 0.1) is 6.10 Å². The molecular weight excluding hydrogens is 288 g/mol. The van der Waals surface area contributed by atoms with Crippen LogP contribution in [0.25, 0.3) is 10.9 Å². The van der Waals surface area contributed by atoms with Crippen molar-refractivity contribution in [3.8, 4) is 0 Å². The monoisotopic (exact) mass is 314 g/mol. The summed E-state index contributed by atoms with van der Waals surface area (Å²) in [5.74, 6) is 0.610. The van der Waals surface area contributed by atoms with E-state index in [1.165, 1.54) is 10.9 Å². The average Bonchev–Trinajstić information content (AvgIpc) is 2.98. The summed E-state index contributed by atoms with van der Waals surface area (Å²) in [6.07, 6.45) is 6.07. The third-order valence-corrected chi connectivity index (χ3v) is 5.09. The van der Waals surface area contributed by atoms with Crippen LogP contribution in [0.1, 0.15) is 38.2 Å². The minimum atomic E-state index is -0.255. The molecule has 0 saturated carbocycles. The number of nitrogens with one attached hydrogen (secondary N) is 1. The number of hydrogen-bond acceptors (Lipinski definition) is 2. The number of carbonyl (C=O) groups is 1. The van der Waals surface area contributed by atoms with E-state index < -0.39 is 0 Å². The maximum Gasteiger partial charge on any atom is 0.222 e. The second-order valence-corrected chi connectivity index (χ2v) is 6.67. The quantitative estimate of drug-likeness (QED) is 0.891. The molecule has 0 aliphatic carbocycles. The van der Waals surface area contributed by atoms with Crippen molar-refractivity contribution in [1.82, 2.24) is 9.88 Å². The van der Waals surface area contributed by atoms with E-state index in [0.717, 1.165) is 44.3 Å². The fraction of sp³-hybridized carbons (Fsp3) is 0.526. The zero-order valence-electron chi connectivity index (χ0n) is 13.8. The SMILES string of the molecule is CC(O)C1CCN(C(=O)CCCc2c[nH]c3ccccc23)CC1. The second-order valence-electron chi connectivity index (χ2n) is 6.67. The summed E-state index contributed by atoms with van der Waals surface area (Å²) in [7, 11) is 0. The lowest BCUT2D eigenvalue weighted by Crippen LogP contribution is -2.40. The van der Waals surface area contributed by atoms with E-state index in [2.05, 4.69) is 29.4 Å². The largest absolute Gasteiger partial charge is 0.393 e. The van der Waals surface area contributed by atoms with Crippen LogP contribution >= 0.6 is 0 Å². The lowest BCUT2D eigenvalue weighted by Gasteiger charge is -2.33. The molecule has 2 heterocycles. The first-order valence-corrected chi connectivity index (χ1v) is 8.66. The van der Waals surface area contributed by atoms with Gasteiger partial charge in [0.15, 0.2) is 0 Å². The van der Waals surface area contributed by atoms with Gasteiger partial charge in [0.1, 0.15) is 0 Å². The first kappa shape index (κ1) is 16.1. The predicted molar refractivity (Wildman–Crippen MR) is 92.2 cm³/mol. The number of fused-ring (bicyclic) bond motifs is 1. The molecule has 1 atom stereocenters. The van der Waals surface area contributed by atoms with Gasteiger partial charge in [-0.15, -0.1) is 0 Å². The summed E-state index contributed by atoms with van der Waals surface area (Å²) >= 11 is 0. The van der Waals surface area contributed by atoms with E-state index in [1.807, 2.05) is 17.9 Å². The Morgan fingerprint density at radius 1 is 1.35 bits per heavy atom. The summed E-state index contributed by atoms with van der Waals surface area (Å²) in [5.41, 5.74) is 2.45. The highest BCUT2D eigenvalue weighted by molar-refractivity contribution is 5.83. The van der Waals surface area contributed by atoms with E-state index in [1.54, 1.807) is 0 Å². The molecule has 0 bridgehead atoms. The van der Waals surface area contributed by atoms with Gasteiger partial charge < -0.3 is 15.0 Å². The summed E-state index contributed by atoms with van der Waals surface area (Å²) in [6.45, 7) is 3.44. The predicted octanol–water partition coefficient (Wildman–Crippen LogP) is 3.11. The van der Waals surface area contributed by atoms with Crippen LogP contribution in [0.5, 0.6) is 0 Å². The van der Waals surface area contributed by atoms with Gasteiger partial charge in [-0.05, 0) is 50.2 Å². The number of aromatic nitrogens is 1. The van der Waals surface area contributed by atoms with Crippen LogP contribution in [0.3, 0.4) is 0 Å². The molecule has 1 aliphatic heterocycles. The van der Waals surface area contributed by atoms with Crippen molar-refractivity contribution in [2.24, 2.45) is 5.92 Å². The van der Waals surface area contributed by atoms with Crippen LogP contribution in [-0.4, -0.2) is 40.1 Å². The van der Waals surface area contributed by atoms with E-state index in [9.17, 15) is 9.90 Å². The Morgan fingerprint density at radius 2 is 2.09 bits per heavy atom. The van der Waals surface area contributed by atoms with Crippen LogP contribution in [0.2, 0.25) is 0 Å². The van der Waals surface area contributed by atoms with Crippen molar-refractivity contribution in [3.63, 3.8) is 0 Å². The van der Waals surface area contributed by atoms with Gasteiger partial charge in [-0.25, -0.2) is 0 Å². The lowest BCUT2D eigenvalue weighted by molar-refractivity contribution is -0.133. The number of hydrogen-bond donors (Lipinski definition) is 2. The summed E-state index contributed by atoms with van der Waals surface area (Å²) in [5, 5.41) is 10.9. The Labute approximate surface area is 137 Å². The van der Waals surface area contributed by atoms with Gasteiger partial charge in [-0.2, -0.15) is 0 Å². The van der Waals surface area contributed by atoms with Crippen molar-refractivity contribution in [3.05, 3.63) is 36.0 Å². The number of piperidine rings is 1. The van der Waals surface area contributed by atoms with Crippen LogP contribution in [-0.2, 0) is 11.2 Å². The molecule has 23 heavy (non-hydrogen) atoms. The van der Waals surface area contributed by atoms with Gasteiger partial charge in [-0.3, -0.25) is 4.79 Å². The smallest absolute Gasteiger partial charge is 0.222 e. The van der Waals surface area contributed by atoms with Gasteiger partial charge >= 0.3 is 0 Å². The summed E-state index contributed by atoms with van der Waals surface area (Å²) in [6, 6.07) is 8.29. The van der Waals surface area contributed by atoms with Crippen LogP contribution in [0.15, 0.2) is 30.5 Å². The van der Waals surface area contributed by atoms with Crippen molar-refractivity contribution < 1.29 is 9.90 Å². The molecule has 1 saturated heterocycles. The van der Waals surface area contributed by atoms with E-state index in [4.69, 9.17) is 0 Å². The molecule has 1 amide bonds. The molecule has 3 rings (SSSR count). The molecule has 4 nitrogen and oxygen atoms in total. The van der Waals surface area contributed by atoms with Crippen LogP contribution in [0, 0.1) is 5.92 Å². The Balaban J connectivity index is 1.46. The molecule has 2 N–H and O–H groups in total. The van der Waals surface area contributed by atoms with Crippen LogP contribution in [0.4, 0.5) is 0 Å². The zero-order valence-corrected chi connectivity index (χ0v) is 13.8. The molecule has 1 fully saturated rings. The number of amides is 1. The van der Waals surface area contributed by atoms with Gasteiger partial charge in [0.2, 0.25) is 5.91 Å². The summed E-state index contributed by atoms with van der Waals surface area (Å²) < 4.78 is 0. The molecule has 2 aromatic rings. The highest BCUT2D eigenvalue weighted by Gasteiger charge is 2.24. The second kappa shape index (κ2) is 7.18. The number of aryl methyl sites for hydroxylation is 1. The topological polar surface area (TPSA) is 56.3 Å². The Kier molecular flexibility index (Phi) is 5.01. The van der Waals surface area contributed by atoms with Crippen molar-refractivity contribution in [1.29, 1.82) is 0 Å². The maximum absolute atomic E-state index is 12.3. The highest BCUT2D eigenvalue weighted by Crippen LogP contribution is 2.22. The first-order chi connectivity index (χ1) is 11.1. The Morgan fingerprint density at radius 3 is 2.83 bits per heavy atom. The number of aliphatic hydroxyl groups is 1. The fourth-order valence-corrected chi connectivity index (χ4v) is 3.56. The number of para-hydroxylation sites is 1. The Hall–Kier alpha value is -1.81. The molecule has 4 heteroatoms. The van der Waals surface area contributed by atoms with E-state index in [0.29, 0.717) is 12.3 Å². The third-order valence-electron chi connectivity index (χ3n) is 5.09. The molecule has 1 aromatic heterocycles. The molecule has 124 valence electrons. The molecular formula is C19H26N2O2. The minimum Gasteiger partial charge on any atom is -0.393 e.